The Morgan fingerprint density at radius 1 is 0.882 bits per heavy atom. The maximum Gasteiger partial charge on any atom is 0.224 e. The van der Waals surface area contributed by atoms with E-state index in [4.69, 9.17) is 15.2 Å². The summed E-state index contributed by atoms with van der Waals surface area (Å²) < 4.78 is 13.0. The molecule has 11 nitrogen and oxygen atoms in total. The van der Waals surface area contributed by atoms with E-state index in [0.29, 0.717) is 55.8 Å². The lowest BCUT2D eigenvalue weighted by Gasteiger charge is -2.36. The number of carbonyl (C=O) groups is 2. The molecule has 0 aliphatic carbocycles. The van der Waals surface area contributed by atoms with E-state index in [0.717, 1.165) is 38.5 Å². The van der Waals surface area contributed by atoms with E-state index in [9.17, 15) is 14.7 Å². The van der Waals surface area contributed by atoms with Crippen LogP contribution in [0.2, 0.25) is 0 Å². The van der Waals surface area contributed by atoms with Gasteiger partial charge in [0, 0.05) is 37.1 Å². The Morgan fingerprint density at radius 3 is 2.35 bits per heavy atom. The van der Waals surface area contributed by atoms with Gasteiger partial charge in [0.2, 0.25) is 11.8 Å². The minimum Gasteiger partial charge on any atom is -0.397 e. The van der Waals surface area contributed by atoms with E-state index in [1.807, 2.05) is 72.8 Å². The number of nitrogen functional groups attached to an aromatic ring is 1. The monoisotopic (exact) mass is 706 g/mol. The Morgan fingerprint density at radius 2 is 1.61 bits per heavy atom. The summed E-state index contributed by atoms with van der Waals surface area (Å²) in [7, 11) is 0. The molecule has 0 bridgehead atoms. The summed E-state index contributed by atoms with van der Waals surface area (Å²) in [5.41, 5.74) is 12.8. The molecule has 6 rings (SSSR count). The highest BCUT2D eigenvalue weighted by molar-refractivity contribution is 7.99. The molecule has 4 aromatic carbocycles. The number of unbranched alkanes of at least 4 members (excludes halogenated alkanes) is 1. The maximum atomic E-state index is 12.7. The Labute approximate surface area is 301 Å². The van der Waals surface area contributed by atoms with Crippen molar-refractivity contribution in [1.29, 1.82) is 0 Å². The van der Waals surface area contributed by atoms with E-state index < -0.39 is 6.29 Å². The SMILES string of the molecule is Nc1ccccc1NC(=O)CCCCC(=O)NCc1ccccc1-c1ccc(C2OC(CSc3ncn[nH]3)CC(c3ccc(CO)cc3)O2)cc1. The first kappa shape index (κ1) is 35.8. The van der Waals surface area contributed by atoms with Gasteiger partial charge in [-0.1, -0.05) is 96.7 Å². The molecule has 3 atom stereocenters. The zero-order valence-corrected chi connectivity index (χ0v) is 29.0. The summed E-state index contributed by atoms with van der Waals surface area (Å²) in [5.74, 6) is 0.497. The lowest BCUT2D eigenvalue weighted by atomic mass is 9.97. The van der Waals surface area contributed by atoms with Gasteiger partial charge in [-0.2, -0.15) is 5.10 Å². The van der Waals surface area contributed by atoms with Crippen molar-refractivity contribution in [3.8, 4) is 11.1 Å². The number of ether oxygens (including phenoxy) is 2. The van der Waals surface area contributed by atoms with Gasteiger partial charge < -0.3 is 30.9 Å². The van der Waals surface area contributed by atoms with Crippen LogP contribution in [0, 0.1) is 0 Å². The summed E-state index contributed by atoms with van der Waals surface area (Å²) in [5, 5.41) is 22.9. The fourth-order valence-electron chi connectivity index (χ4n) is 5.91. The van der Waals surface area contributed by atoms with Crippen LogP contribution in [0.3, 0.4) is 0 Å². The minimum atomic E-state index is -0.576. The Hall–Kier alpha value is -5.01. The van der Waals surface area contributed by atoms with Gasteiger partial charge in [-0.05, 0) is 52.8 Å². The second kappa shape index (κ2) is 17.8. The molecule has 1 saturated heterocycles. The first-order valence-corrected chi connectivity index (χ1v) is 18.0. The van der Waals surface area contributed by atoms with Crippen molar-refractivity contribution in [2.45, 2.75) is 68.9 Å². The highest BCUT2D eigenvalue weighted by atomic mass is 32.2. The van der Waals surface area contributed by atoms with Gasteiger partial charge in [-0.3, -0.25) is 14.7 Å². The molecule has 264 valence electrons. The van der Waals surface area contributed by atoms with Gasteiger partial charge in [-0.25, -0.2) is 4.98 Å². The average Bonchev–Trinajstić information content (AvgIpc) is 3.70. The van der Waals surface area contributed by atoms with E-state index in [2.05, 4.69) is 37.9 Å². The molecule has 1 aliphatic heterocycles. The van der Waals surface area contributed by atoms with Crippen molar-refractivity contribution in [1.82, 2.24) is 20.5 Å². The van der Waals surface area contributed by atoms with Crippen molar-refractivity contribution >= 4 is 35.0 Å². The molecule has 5 aromatic rings. The van der Waals surface area contributed by atoms with Crippen LogP contribution in [0.25, 0.3) is 11.1 Å². The predicted octanol–water partition coefficient (Wildman–Crippen LogP) is 6.70. The summed E-state index contributed by atoms with van der Waals surface area (Å²) in [6, 6.07) is 31.1. The number of H-pyrrole nitrogens is 1. The topological polar surface area (TPSA) is 164 Å². The lowest BCUT2D eigenvalue weighted by Crippen LogP contribution is -2.31. The molecule has 1 fully saturated rings. The largest absolute Gasteiger partial charge is 0.397 e. The number of benzene rings is 4. The summed E-state index contributed by atoms with van der Waals surface area (Å²) >= 11 is 1.56. The van der Waals surface area contributed by atoms with Crippen molar-refractivity contribution < 1.29 is 24.2 Å². The van der Waals surface area contributed by atoms with Crippen LogP contribution in [-0.2, 0) is 32.2 Å². The van der Waals surface area contributed by atoms with Gasteiger partial charge in [0.25, 0.3) is 0 Å². The highest BCUT2D eigenvalue weighted by Gasteiger charge is 2.32. The summed E-state index contributed by atoms with van der Waals surface area (Å²) in [6.07, 6.45) is 3.16. The number of aromatic amines is 1. The van der Waals surface area contributed by atoms with Crippen LogP contribution in [-0.4, -0.2) is 44.0 Å². The maximum absolute atomic E-state index is 12.7. The van der Waals surface area contributed by atoms with Crippen molar-refractivity contribution in [2.24, 2.45) is 0 Å². The Bertz CT molecular complexity index is 1870. The molecule has 0 spiro atoms. The number of aliphatic hydroxyl groups is 1. The summed E-state index contributed by atoms with van der Waals surface area (Å²) in [4.78, 5) is 29.2. The number of carbonyl (C=O) groups excluding carboxylic acids is 2. The number of anilines is 2. The smallest absolute Gasteiger partial charge is 0.224 e. The van der Waals surface area contributed by atoms with Gasteiger partial charge >= 0.3 is 0 Å². The molecular formula is C39H42N6O5S. The molecule has 1 aromatic heterocycles. The number of nitrogens with two attached hydrogens (primary N) is 1. The van der Waals surface area contributed by atoms with Crippen molar-refractivity contribution in [2.75, 3.05) is 16.8 Å². The average molecular weight is 707 g/mol. The first-order chi connectivity index (χ1) is 24.9. The summed E-state index contributed by atoms with van der Waals surface area (Å²) in [6.45, 7) is 0.379. The molecular weight excluding hydrogens is 665 g/mol. The number of aromatic nitrogens is 3. The molecule has 1 aliphatic rings. The molecule has 12 heteroatoms. The van der Waals surface area contributed by atoms with Crippen LogP contribution in [0.5, 0.6) is 0 Å². The third kappa shape index (κ3) is 10.0. The molecule has 6 N–H and O–H groups in total. The van der Waals surface area contributed by atoms with E-state index in [-0.39, 0.29) is 30.6 Å². The van der Waals surface area contributed by atoms with E-state index >= 15 is 0 Å². The number of amides is 2. The molecule has 2 heterocycles. The minimum absolute atomic E-state index is 0.0101. The quantitative estimate of drug-likeness (QED) is 0.0453. The number of para-hydroxylation sites is 2. The zero-order chi connectivity index (χ0) is 35.4. The van der Waals surface area contributed by atoms with Crippen LogP contribution in [0.15, 0.2) is 109 Å². The Balaban J connectivity index is 1.04. The molecule has 51 heavy (non-hydrogen) atoms. The van der Waals surface area contributed by atoms with Crippen LogP contribution in [0.1, 0.15) is 66.8 Å². The second-order valence-corrected chi connectivity index (χ2v) is 13.4. The Kier molecular flexibility index (Phi) is 12.5. The van der Waals surface area contributed by atoms with Crippen LogP contribution in [0.4, 0.5) is 11.4 Å². The lowest BCUT2D eigenvalue weighted by molar-refractivity contribution is -0.245. The van der Waals surface area contributed by atoms with Crippen LogP contribution < -0.4 is 16.4 Å². The number of thioether (sulfide) groups is 1. The van der Waals surface area contributed by atoms with Crippen molar-refractivity contribution in [3.63, 3.8) is 0 Å². The van der Waals surface area contributed by atoms with Crippen molar-refractivity contribution in [3.05, 3.63) is 126 Å². The zero-order valence-electron chi connectivity index (χ0n) is 28.2. The number of aliphatic hydroxyl groups excluding tert-OH is 1. The predicted molar refractivity (Wildman–Crippen MR) is 197 cm³/mol. The van der Waals surface area contributed by atoms with Gasteiger partial charge in [0.1, 0.15) is 6.33 Å². The first-order valence-electron chi connectivity index (χ1n) is 17.0. The fraction of sp³-hybridized carbons (Fsp3) is 0.282. The van der Waals surface area contributed by atoms with E-state index in [1.54, 1.807) is 23.9 Å². The number of hydrogen-bond donors (Lipinski definition) is 5. The fourth-order valence-corrected chi connectivity index (χ4v) is 6.71. The number of rotatable bonds is 15. The van der Waals surface area contributed by atoms with Gasteiger partial charge in [0.15, 0.2) is 11.4 Å². The normalized spacial score (nSPS) is 17.2. The second-order valence-electron chi connectivity index (χ2n) is 12.4. The number of nitrogens with one attached hydrogen (secondary N) is 3. The van der Waals surface area contributed by atoms with Gasteiger partial charge in [-0.15, -0.1) is 0 Å². The van der Waals surface area contributed by atoms with Gasteiger partial charge in [0.05, 0.1) is 30.2 Å². The standard InChI is InChI=1S/C39H42N6O5S/c40-33-9-3-4-10-34(33)44-37(48)12-6-5-11-36(47)41-22-30-7-1-2-8-32(30)27-17-19-29(20-18-27)38-49-31(24-51-39-42-25-43-45-39)21-35(50-38)28-15-13-26(23-46)14-16-28/h1-4,7-10,13-20,25,31,35,38,46H,5-6,11-12,21-24,40H2,(H,41,47)(H,44,48)(H,42,43,45). The molecule has 3 unspecified atom stereocenters. The number of nitrogens with zero attached hydrogens (tertiary/aromatic N) is 2. The highest BCUT2D eigenvalue weighted by Crippen LogP contribution is 2.39. The molecule has 0 saturated carbocycles. The molecule has 0 radical (unpaired) electrons. The molecule has 2 amide bonds. The number of hydrogen-bond acceptors (Lipinski definition) is 9. The third-order valence-corrected chi connectivity index (χ3v) is 9.70. The van der Waals surface area contributed by atoms with E-state index in [1.165, 1.54) is 6.33 Å². The third-order valence-electron chi connectivity index (χ3n) is 8.69. The van der Waals surface area contributed by atoms with Crippen LogP contribution >= 0.6 is 11.8 Å².